The fourth-order valence-corrected chi connectivity index (χ4v) is 2.86. The first kappa shape index (κ1) is 21.1. The van der Waals surface area contributed by atoms with E-state index in [1.165, 1.54) is 44.3 Å². The van der Waals surface area contributed by atoms with Crippen LogP contribution in [0.3, 0.4) is 0 Å². The molecule has 2 N–H and O–H groups in total. The molecular weight excluding hydrogens is 393 g/mol. The van der Waals surface area contributed by atoms with Gasteiger partial charge in [-0.3, -0.25) is 4.99 Å². The van der Waals surface area contributed by atoms with Crippen molar-refractivity contribution in [3.05, 3.63) is 11.6 Å². The summed E-state index contributed by atoms with van der Waals surface area (Å²) in [5.74, 6) is 2.22. The largest absolute Gasteiger partial charge is 0.357 e. The number of thioether (sulfide) groups is 1. The third-order valence-corrected chi connectivity index (χ3v) is 4.19. The molecule has 0 bridgehead atoms. The van der Waals surface area contributed by atoms with Crippen LogP contribution in [0.5, 0.6) is 0 Å². The second-order valence-corrected chi connectivity index (χ2v) is 6.23. The molecule has 21 heavy (non-hydrogen) atoms. The lowest BCUT2D eigenvalue weighted by molar-refractivity contribution is 0.665. The Labute approximate surface area is 152 Å². The molecule has 1 aliphatic rings. The minimum Gasteiger partial charge on any atom is -0.357 e. The summed E-state index contributed by atoms with van der Waals surface area (Å²) in [7, 11) is 0. The highest BCUT2D eigenvalue weighted by Gasteiger charge is 2.03. The van der Waals surface area contributed by atoms with Crippen molar-refractivity contribution in [3.63, 3.8) is 0 Å². The number of allylic oxidation sites excluding steroid dienone is 1. The fraction of sp³-hybridized carbons (Fsp3) is 0.812. The molecule has 0 saturated heterocycles. The average Bonchev–Trinajstić information content (AvgIpc) is 2.48. The van der Waals surface area contributed by atoms with E-state index in [1.54, 1.807) is 5.57 Å². The van der Waals surface area contributed by atoms with E-state index in [0.717, 1.165) is 32.0 Å². The Morgan fingerprint density at radius 3 is 2.81 bits per heavy atom. The SMILES string of the molecule is CCNC(=NCCCCSC)NCCC1=CCCCC1.I. The van der Waals surface area contributed by atoms with Gasteiger partial charge in [-0.15, -0.1) is 24.0 Å². The van der Waals surface area contributed by atoms with Gasteiger partial charge in [0, 0.05) is 19.6 Å². The predicted molar refractivity (Wildman–Crippen MR) is 108 cm³/mol. The molecule has 0 aromatic carbocycles. The third-order valence-electron chi connectivity index (χ3n) is 3.49. The van der Waals surface area contributed by atoms with Gasteiger partial charge in [-0.25, -0.2) is 0 Å². The summed E-state index contributed by atoms with van der Waals surface area (Å²) in [6.45, 7) is 4.98. The third kappa shape index (κ3) is 11.3. The molecule has 0 saturated carbocycles. The van der Waals surface area contributed by atoms with Crippen LogP contribution in [0.4, 0.5) is 0 Å². The van der Waals surface area contributed by atoms with Crippen molar-refractivity contribution in [2.24, 2.45) is 4.99 Å². The van der Waals surface area contributed by atoms with Gasteiger partial charge in [-0.2, -0.15) is 11.8 Å². The molecule has 0 aromatic rings. The van der Waals surface area contributed by atoms with E-state index in [0.29, 0.717) is 0 Å². The van der Waals surface area contributed by atoms with Crippen molar-refractivity contribution in [2.45, 2.75) is 51.9 Å². The Hall–Kier alpha value is 0.0900. The van der Waals surface area contributed by atoms with E-state index in [1.807, 2.05) is 11.8 Å². The fourth-order valence-electron chi connectivity index (χ4n) is 2.36. The summed E-state index contributed by atoms with van der Waals surface area (Å²) in [4.78, 5) is 4.63. The van der Waals surface area contributed by atoms with E-state index in [-0.39, 0.29) is 24.0 Å². The lowest BCUT2D eigenvalue weighted by atomic mass is 9.97. The van der Waals surface area contributed by atoms with Crippen LogP contribution in [-0.2, 0) is 0 Å². The van der Waals surface area contributed by atoms with Gasteiger partial charge in [0.15, 0.2) is 5.96 Å². The number of hydrogen-bond acceptors (Lipinski definition) is 2. The highest BCUT2D eigenvalue weighted by atomic mass is 127. The number of hydrogen-bond donors (Lipinski definition) is 2. The van der Waals surface area contributed by atoms with Crippen LogP contribution in [0.25, 0.3) is 0 Å². The second kappa shape index (κ2) is 15.0. The first-order valence-electron chi connectivity index (χ1n) is 8.06. The molecule has 0 atom stereocenters. The second-order valence-electron chi connectivity index (χ2n) is 5.25. The van der Waals surface area contributed by atoms with E-state index in [4.69, 9.17) is 0 Å². The maximum absolute atomic E-state index is 4.63. The summed E-state index contributed by atoms with van der Waals surface area (Å²) in [6, 6.07) is 0. The van der Waals surface area contributed by atoms with Crippen LogP contribution in [0.2, 0.25) is 0 Å². The summed E-state index contributed by atoms with van der Waals surface area (Å²) in [5, 5.41) is 6.78. The van der Waals surface area contributed by atoms with E-state index < -0.39 is 0 Å². The monoisotopic (exact) mass is 425 g/mol. The molecule has 0 fully saturated rings. The zero-order valence-electron chi connectivity index (χ0n) is 13.6. The van der Waals surface area contributed by atoms with Crippen molar-refractivity contribution in [1.82, 2.24) is 10.6 Å². The van der Waals surface area contributed by atoms with Crippen molar-refractivity contribution in [2.75, 3.05) is 31.6 Å². The lowest BCUT2D eigenvalue weighted by Gasteiger charge is -2.15. The van der Waals surface area contributed by atoms with Gasteiger partial charge in [0.1, 0.15) is 0 Å². The molecule has 3 nitrogen and oxygen atoms in total. The zero-order chi connectivity index (χ0) is 14.5. The first-order valence-corrected chi connectivity index (χ1v) is 9.45. The number of guanidine groups is 1. The number of halogens is 1. The highest BCUT2D eigenvalue weighted by Crippen LogP contribution is 2.19. The van der Waals surface area contributed by atoms with Gasteiger partial charge < -0.3 is 10.6 Å². The van der Waals surface area contributed by atoms with Crippen molar-refractivity contribution >= 4 is 41.7 Å². The Morgan fingerprint density at radius 1 is 1.29 bits per heavy atom. The van der Waals surface area contributed by atoms with E-state index in [9.17, 15) is 0 Å². The molecule has 0 unspecified atom stereocenters. The van der Waals surface area contributed by atoms with Gasteiger partial charge in [0.25, 0.3) is 0 Å². The van der Waals surface area contributed by atoms with Crippen molar-refractivity contribution in [3.8, 4) is 0 Å². The Balaban J connectivity index is 0.00000400. The minimum atomic E-state index is 0. The van der Waals surface area contributed by atoms with Gasteiger partial charge in [-0.1, -0.05) is 11.6 Å². The van der Waals surface area contributed by atoms with Crippen molar-refractivity contribution in [1.29, 1.82) is 0 Å². The van der Waals surface area contributed by atoms with Gasteiger partial charge in [-0.05, 0) is 63.9 Å². The first-order chi connectivity index (χ1) is 9.86. The molecule has 5 heteroatoms. The Morgan fingerprint density at radius 2 is 2.14 bits per heavy atom. The normalized spacial score (nSPS) is 15.1. The molecule has 0 aromatic heterocycles. The predicted octanol–water partition coefficient (Wildman–Crippen LogP) is 4.19. The smallest absolute Gasteiger partial charge is 0.191 e. The van der Waals surface area contributed by atoms with Crippen LogP contribution in [0.1, 0.15) is 51.9 Å². The quantitative estimate of drug-likeness (QED) is 0.191. The van der Waals surface area contributed by atoms with E-state index >= 15 is 0 Å². The van der Waals surface area contributed by atoms with E-state index in [2.05, 4.69) is 34.9 Å². The molecule has 0 heterocycles. The minimum absolute atomic E-state index is 0. The maximum atomic E-state index is 4.63. The number of aliphatic imine (C=N–C) groups is 1. The zero-order valence-corrected chi connectivity index (χ0v) is 16.8. The molecule has 1 rings (SSSR count). The van der Waals surface area contributed by atoms with Crippen LogP contribution in [0, 0.1) is 0 Å². The summed E-state index contributed by atoms with van der Waals surface area (Å²) in [6.07, 6.45) is 13.5. The molecule has 0 spiro atoms. The van der Waals surface area contributed by atoms with Crippen molar-refractivity contribution < 1.29 is 0 Å². The molecule has 124 valence electrons. The highest BCUT2D eigenvalue weighted by molar-refractivity contribution is 14.0. The number of unbranched alkanes of at least 4 members (excludes halogenated alkanes) is 1. The number of nitrogens with one attached hydrogen (secondary N) is 2. The summed E-state index contributed by atoms with van der Waals surface area (Å²) >= 11 is 1.91. The molecule has 0 aliphatic heterocycles. The van der Waals surface area contributed by atoms with Crippen LogP contribution >= 0.6 is 35.7 Å². The topological polar surface area (TPSA) is 36.4 Å². The summed E-state index contributed by atoms with van der Waals surface area (Å²) < 4.78 is 0. The molecule has 0 amide bonds. The standard InChI is InChI=1S/C16H31N3S.HI/c1-3-17-16(18-12-7-8-14-20-2)19-13-11-15-9-5-4-6-10-15;/h9H,3-8,10-14H2,1-2H3,(H2,17,18,19);1H. The molecule has 0 radical (unpaired) electrons. The molecule has 1 aliphatic carbocycles. The van der Waals surface area contributed by atoms with Gasteiger partial charge in [0.2, 0.25) is 0 Å². The maximum Gasteiger partial charge on any atom is 0.191 e. The summed E-state index contributed by atoms with van der Waals surface area (Å²) in [5.41, 5.74) is 1.62. The van der Waals surface area contributed by atoms with Gasteiger partial charge in [0.05, 0.1) is 0 Å². The Bertz CT molecular complexity index is 306. The number of nitrogens with zero attached hydrogens (tertiary/aromatic N) is 1. The average molecular weight is 425 g/mol. The van der Waals surface area contributed by atoms with Gasteiger partial charge >= 0.3 is 0 Å². The Kier molecular flexibility index (Phi) is 15.1. The van der Waals surface area contributed by atoms with Crippen LogP contribution in [-0.4, -0.2) is 37.6 Å². The molecular formula is C16H32IN3S. The number of rotatable bonds is 9. The van der Waals surface area contributed by atoms with Crippen LogP contribution < -0.4 is 10.6 Å². The lowest BCUT2D eigenvalue weighted by Crippen LogP contribution is -2.38. The van der Waals surface area contributed by atoms with Crippen LogP contribution in [0.15, 0.2) is 16.6 Å².